The Morgan fingerprint density at radius 2 is 1.72 bits per heavy atom. The van der Waals surface area contributed by atoms with Crippen molar-refractivity contribution in [2.75, 3.05) is 0 Å². The van der Waals surface area contributed by atoms with E-state index in [4.69, 9.17) is 0 Å². The Bertz CT molecular complexity index is 1000. The van der Waals surface area contributed by atoms with Crippen LogP contribution < -0.4 is 4.57 Å². The highest BCUT2D eigenvalue weighted by atomic mass is 15.2. The highest BCUT2D eigenvalue weighted by Gasteiger charge is 2.46. The summed E-state index contributed by atoms with van der Waals surface area (Å²) >= 11 is 0. The summed E-state index contributed by atoms with van der Waals surface area (Å²) in [6, 6.07) is 13.6. The first-order chi connectivity index (χ1) is 11.6. The minimum atomic E-state index is 0.0734. The Hall–Kier alpha value is -2.09. The molecule has 25 heavy (non-hydrogen) atoms. The fourth-order valence-corrected chi connectivity index (χ4v) is 5.16. The number of hydrogen-bond donors (Lipinski definition) is 0. The van der Waals surface area contributed by atoms with Crippen molar-refractivity contribution in [3.63, 3.8) is 0 Å². The topological polar surface area (TPSA) is 8.81 Å². The van der Waals surface area contributed by atoms with Crippen molar-refractivity contribution < 1.29 is 4.57 Å². The summed E-state index contributed by atoms with van der Waals surface area (Å²) in [6.45, 7) is 13.9. The average molecular weight is 333 g/mol. The molecule has 0 saturated heterocycles. The molecule has 0 bridgehead atoms. The number of nitrogens with zero attached hydrogens (tertiary/aromatic N) is 2. The van der Waals surface area contributed by atoms with E-state index in [-0.39, 0.29) is 11.0 Å². The van der Waals surface area contributed by atoms with Crippen LogP contribution in [0.5, 0.6) is 0 Å². The number of rotatable bonds is 1. The van der Waals surface area contributed by atoms with E-state index in [0.717, 1.165) is 6.42 Å². The molecule has 0 spiro atoms. The lowest BCUT2D eigenvalue weighted by molar-refractivity contribution is -0.730. The first-order valence-electron chi connectivity index (χ1n) is 9.25. The summed E-state index contributed by atoms with van der Waals surface area (Å²) in [5.74, 6) is 1.32. The second-order valence-corrected chi connectivity index (χ2v) is 9.08. The molecule has 0 aliphatic carbocycles. The molecule has 0 atom stereocenters. The third-order valence-corrected chi connectivity index (χ3v) is 5.96. The van der Waals surface area contributed by atoms with Crippen molar-refractivity contribution in [2.45, 2.75) is 58.9 Å². The van der Waals surface area contributed by atoms with E-state index in [0.29, 0.717) is 0 Å². The third kappa shape index (κ3) is 2.19. The molecule has 1 aromatic heterocycles. The van der Waals surface area contributed by atoms with Crippen molar-refractivity contribution in [1.29, 1.82) is 0 Å². The second-order valence-electron chi connectivity index (χ2n) is 9.08. The molecule has 0 fully saturated rings. The summed E-state index contributed by atoms with van der Waals surface area (Å²) in [5.41, 5.74) is 8.46. The van der Waals surface area contributed by atoms with Gasteiger partial charge in [0.15, 0.2) is 11.0 Å². The summed E-state index contributed by atoms with van der Waals surface area (Å²) in [5, 5.41) is 0. The molecular weight excluding hydrogens is 304 g/mol. The van der Waals surface area contributed by atoms with Gasteiger partial charge in [-0.1, -0.05) is 43.7 Å². The standard InChI is InChI=1S/C23H29N2/c1-15-11-12-17(16(2)13-15)21-24(7)19-10-8-9-18-20(19)25(21)23(5,6)14-22(18,3)4/h8-13H,14H2,1-7H3/q+1. The van der Waals surface area contributed by atoms with Crippen LogP contribution in [-0.4, -0.2) is 4.57 Å². The van der Waals surface area contributed by atoms with Gasteiger partial charge < -0.3 is 0 Å². The van der Waals surface area contributed by atoms with Crippen LogP contribution in [0.25, 0.3) is 22.4 Å². The molecule has 0 unspecified atom stereocenters. The molecule has 1 aliphatic rings. The van der Waals surface area contributed by atoms with Crippen molar-refractivity contribution in [1.82, 2.24) is 4.57 Å². The first-order valence-corrected chi connectivity index (χ1v) is 9.25. The monoisotopic (exact) mass is 333 g/mol. The van der Waals surface area contributed by atoms with E-state index in [1.165, 1.54) is 39.1 Å². The molecular formula is C23H29N2+. The van der Waals surface area contributed by atoms with Crippen LogP contribution in [0, 0.1) is 13.8 Å². The number of aromatic nitrogens is 2. The summed E-state index contributed by atoms with van der Waals surface area (Å²) in [6.07, 6.45) is 1.14. The smallest absolute Gasteiger partial charge is 0.226 e. The number of para-hydroxylation sites is 1. The first kappa shape index (κ1) is 16.4. The Kier molecular flexibility index (Phi) is 3.26. The summed E-state index contributed by atoms with van der Waals surface area (Å²) < 4.78 is 4.99. The summed E-state index contributed by atoms with van der Waals surface area (Å²) in [4.78, 5) is 0. The van der Waals surface area contributed by atoms with Crippen molar-refractivity contribution in [3.05, 3.63) is 53.1 Å². The predicted molar refractivity (Wildman–Crippen MR) is 105 cm³/mol. The molecule has 2 nitrogen and oxygen atoms in total. The molecule has 130 valence electrons. The number of imidazole rings is 1. The van der Waals surface area contributed by atoms with Crippen LogP contribution in [-0.2, 0) is 18.0 Å². The Labute approximate surface area is 151 Å². The molecule has 4 rings (SSSR count). The second kappa shape index (κ2) is 4.97. The van der Waals surface area contributed by atoms with E-state index in [9.17, 15) is 0 Å². The number of hydrogen-bond acceptors (Lipinski definition) is 0. The maximum Gasteiger partial charge on any atom is 0.290 e. The molecule has 0 amide bonds. The van der Waals surface area contributed by atoms with E-state index in [1.54, 1.807) is 0 Å². The van der Waals surface area contributed by atoms with Crippen LogP contribution in [0.3, 0.4) is 0 Å². The van der Waals surface area contributed by atoms with Gasteiger partial charge in [-0.2, -0.15) is 0 Å². The Balaban J connectivity index is 2.19. The van der Waals surface area contributed by atoms with Gasteiger partial charge in [-0.15, -0.1) is 0 Å². The van der Waals surface area contributed by atoms with Gasteiger partial charge in [0.1, 0.15) is 5.54 Å². The SMILES string of the molecule is Cc1ccc(-c2n(C)c3cccc4c3[n+]2C(C)(C)CC4(C)C)c(C)c1. The van der Waals surface area contributed by atoms with Crippen molar-refractivity contribution in [2.24, 2.45) is 7.05 Å². The predicted octanol–water partition coefficient (Wildman–Crippen LogP) is 5.17. The quantitative estimate of drug-likeness (QED) is 0.544. The minimum absolute atomic E-state index is 0.0734. The van der Waals surface area contributed by atoms with Crippen LogP contribution in [0.2, 0.25) is 0 Å². The largest absolute Gasteiger partial charge is 0.290 e. The Morgan fingerprint density at radius 1 is 1.00 bits per heavy atom. The zero-order valence-electron chi connectivity index (χ0n) is 16.6. The Morgan fingerprint density at radius 3 is 2.40 bits per heavy atom. The van der Waals surface area contributed by atoms with Gasteiger partial charge in [0.2, 0.25) is 0 Å². The normalized spacial score (nSPS) is 17.9. The highest BCUT2D eigenvalue weighted by Crippen LogP contribution is 2.43. The average Bonchev–Trinajstić information content (AvgIpc) is 2.79. The molecule has 0 radical (unpaired) electrons. The lowest BCUT2D eigenvalue weighted by atomic mass is 9.71. The van der Waals surface area contributed by atoms with Gasteiger partial charge in [-0.25, -0.2) is 9.13 Å². The van der Waals surface area contributed by atoms with Gasteiger partial charge in [-0.05, 0) is 57.2 Å². The van der Waals surface area contributed by atoms with Crippen LogP contribution in [0.1, 0.15) is 50.8 Å². The van der Waals surface area contributed by atoms with E-state index < -0.39 is 0 Å². The molecule has 3 aromatic rings. The van der Waals surface area contributed by atoms with E-state index in [1.807, 2.05) is 0 Å². The van der Waals surface area contributed by atoms with Gasteiger partial charge in [0.05, 0.1) is 12.6 Å². The van der Waals surface area contributed by atoms with Gasteiger partial charge in [0, 0.05) is 5.56 Å². The zero-order valence-corrected chi connectivity index (χ0v) is 16.6. The van der Waals surface area contributed by atoms with Crippen molar-refractivity contribution in [3.8, 4) is 11.4 Å². The van der Waals surface area contributed by atoms with Gasteiger partial charge >= 0.3 is 0 Å². The summed E-state index contributed by atoms with van der Waals surface area (Å²) in [7, 11) is 2.21. The highest BCUT2D eigenvalue weighted by molar-refractivity contribution is 5.81. The maximum atomic E-state index is 2.60. The van der Waals surface area contributed by atoms with Crippen LogP contribution in [0.15, 0.2) is 36.4 Å². The zero-order chi connectivity index (χ0) is 18.1. The lowest BCUT2D eigenvalue weighted by Gasteiger charge is -2.38. The van der Waals surface area contributed by atoms with Gasteiger partial charge in [-0.3, -0.25) is 0 Å². The molecule has 0 saturated carbocycles. The van der Waals surface area contributed by atoms with E-state index in [2.05, 4.69) is 94.1 Å². The van der Waals surface area contributed by atoms with Crippen LogP contribution >= 0.6 is 0 Å². The molecule has 1 aliphatic heterocycles. The number of aryl methyl sites for hydroxylation is 3. The van der Waals surface area contributed by atoms with E-state index >= 15 is 0 Å². The van der Waals surface area contributed by atoms with Crippen molar-refractivity contribution >= 4 is 11.0 Å². The lowest BCUT2D eigenvalue weighted by Crippen LogP contribution is -2.59. The molecule has 2 heteroatoms. The molecule has 2 aromatic carbocycles. The van der Waals surface area contributed by atoms with Gasteiger partial charge in [0.25, 0.3) is 5.82 Å². The fraction of sp³-hybridized carbons (Fsp3) is 0.435. The maximum absolute atomic E-state index is 2.60. The fourth-order valence-electron chi connectivity index (χ4n) is 5.16. The third-order valence-electron chi connectivity index (χ3n) is 5.96. The van der Waals surface area contributed by atoms with Crippen LogP contribution in [0.4, 0.5) is 0 Å². The molecule has 2 heterocycles. The number of benzene rings is 2. The minimum Gasteiger partial charge on any atom is -0.226 e. The molecule has 0 N–H and O–H groups in total.